The minimum absolute atomic E-state index is 0.0521. The molecule has 2 nitrogen and oxygen atoms in total. The number of hydrogen-bond donors (Lipinski definition) is 1. The summed E-state index contributed by atoms with van der Waals surface area (Å²) in [7, 11) is 0. The molecular weight excluding hydrogens is 328 g/mol. The molecule has 0 fully saturated rings. The van der Waals surface area contributed by atoms with Gasteiger partial charge in [-0.2, -0.15) is 0 Å². The van der Waals surface area contributed by atoms with Crippen molar-refractivity contribution in [2.45, 2.75) is 65.2 Å². The van der Waals surface area contributed by atoms with Crippen LogP contribution in [0.3, 0.4) is 0 Å². The highest BCUT2D eigenvalue weighted by Gasteiger charge is 2.30. The van der Waals surface area contributed by atoms with E-state index in [0.717, 1.165) is 24.0 Å². The van der Waals surface area contributed by atoms with E-state index in [1.807, 2.05) is 12.1 Å². The summed E-state index contributed by atoms with van der Waals surface area (Å²) < 4.78 is 0. The van der Waals surface area contributed by atoms with E-state index < -0.39 is 0 Å². The van der Waals surface area contributed by atoms with E-state index >= 15 is 0 Å². The number of carbonyl (C=O) groups excluding carboxylic acids is 1. The fourth-order valence-corrected chi connectivity index (χ4v) is 2.61. The van der Waals surface area contributed by atoms with Crippen LogP contribution in [0, 0.1) is 0 Å². The van der Waals surface area contributed by atoms with Gasteiger partial charge in [-0.25, -0.2) is 0 Å². The maximum absolute atomic E-state index is 12.1. The Hall–Kier alpha value is -0.830. The second kappa shape index (κ2) is 6.51. The predicted molar refractivity (Wildman–Crippen MR) is 92.9 cm³/mol. The molecular formula is C18H27BrO2. The number of benzene rings is 1. The second-order valence-corrected chi connectivity index (χ2v) is 7.51. The van der Waals surface area contributed by atoms with Crippen LogP contribution in [-0.4, -0.2) is 16.2 Å². The molecule has 1 N–H and O–H groups in total. The number of carbonyl (C=O) groups is 1. The SMILES string of the molecule is CCC(C)(C)c1cc(C(=O)CBr)cc(C(C)(C)CC)c1O. The van der Waals surface area contributed by atoms with Crippen LogP contribution in [-0.2, 0) is 10.8 Å². The van der Waals surface area contributed by atoms with Crippen LogP contribution < -0.4 is 0 Å². The predicted octanol–water partition coefficient (Wildman–Crippen LogP) is 5.35. The van der Waals surface area contributed by atoms with Crippen LogP contribution in [0.1, 0.15) is 75.9 Å². The summed E-state index contributed by atoms with van der Waals surface area (Å²) >= 11 is 3.24. The first-order valence-electron chi connectivity index (χ1n) is 7.57. The van der Waals surface area contributed by atoms with Crippen molar-refractivity contribution in [3.63, 3.8) is 0 Å². The van der Waals surface area contributed by atoms with Crippen LogP contribution in [0.2, 0.25) is 0 Å². The number of phenolic OH excluding ortho intramolecular Hbond substituents is 1. The monoisotopic (exact) mass is 354 g/mol. The van der Waals surface area contributed by atoms with Gasteiger partial charge in [0, 0.05) is 16.7 Å². The molecule has 3 heteroatoms. The Balaban J connectivity index is 3.66. The number of rotatable bonds is 6. The maximum atomic E-state index is 12.1. The topological polar surface area (TPSA) is 37.3 Å². The molecule has 1 aromatic rings. The molecule has 118 valence electrons. The Bertz CT molecular complexity index is 493. The molecule has 1 rings (SSSR count). The van der Waals surface area contributed by atoms with Crippen molar-refractivity contribution in [3.8, 4) is 5.75 Å². The zero-order chi connectivity index (χ0) is 16.4. The van der Waals surface area contributed by atoms with E-state index in [2.05, 4.69) is 57.5 Å². The lowest BCUT2D eigenvalue weighted by molar-refractivity contribution is 0.102. The number of ketones is 1. The number of aromatic hydroxyl groups is 1. The standard InChI is InChI=1S/C18H27BrO2/c1-7-17(3,4)13-9-12(15(20)11-19)10-14(16(13)21)18(5,6)8-2/h9-10,21H,7-8,11H2,1-6H3. The van der Waals surface area contributed by atoms with Crippen molar-refractivity contribution in [1.82, 2.24) is 0 Å². The van der Waals surface area contributed by atoms with E-state index in [1.54, 1.807) is 0 Å². The van der Waals surface area contributed by atoms with Crippen LogP contribution in [0.25, 0.3) is 0 Å². The van der Waals surface area contributed by atoms with Crippen LogP contribution in [0.4, 0.5) is 0 Å². The van der Waals surface area contributed by atoms with Gasteiger partial charge in [0.2, 0.25) is 0 Å². The number of Topliss-reactive ketones (excluding diaryl/α,β-unsaturated/α-hetero) is 1. The average Bonchev–Trinajstić information content (AvgIpc) is 2.46. The van der Waals surface area contributed by atoms with E-state index in [4.69, 9.17) is 0 Å². The normalized spacial score (nSPS) is 12.5. The summed E-state index contributed by atoms with van der Waals surface area (Å²) in [6, 6.07) is 3.72. The van der Waals surface area contributed by atoms with E-state index in [0.29, 0.717) is 16.6 Å². The fourth-order valence-electron chi connectivity index (χ4n) is 2.29. The first kappa shape index (κ1) is 18.2. The number of halogens is 1. The van der Waals surface area contributed by atoms with Gasteiger partial charge in [-0.15, -0.1) is 0 Å². The van der Waals surface area contributed by atoms with Gasteiger partial charge in [-0.3, -0.25) is 4.79 Å². The first-order valence-corrected chi connectivity index (χ1v) is 8.70. The molecule has 0 bridgehead atoms. The van der Waals surface area contributed by atoms with Gasteiger partial charge in [0.1, 0.15) is 5.75 Å². The van der Waals surface area contributed by atoms with E-state index in [-0.39, 0.29) is 16.6 Å². The first-order chi connectivity index (χ1) is 9.60. The van der Waals surface area contributed by atoms with Gasteiger partial charge in [0.25, 0.3) is 0 Å². The van der Waals surface area contributed by atoms with E-state index in [1.165, 1.54) is 0 Å². The summed E-state index contributed by atoms with van der Waals surface area (Å²) in [5, 5.41) is 11.1. The Labute approximate surface area is 137 Å². The van der Waals surface area contributed by atoms with Crippen molar-refractivity contribution in [2.24, 2.45) is 0 Å². The van der Waals surface area contributed by atoms with Gasteiger partial charge in [0.15, 0.2) is 5.78 Å². The fraction of sp³-hybridized carbons (Fsp3) is 0.611. The van der Waals surface area contributed by atoms with Gasteiger partial charge < -0.3 is 5.11 Å². The highest BCUT2D eigenvalue weighted by Crippen LogP contribution is 2.42. The highest BCUT2D eigenvalue weighted by molar-refractivity contribution is 9.09. The van der Waals surface area contributed by atoms with Crippen molar-refractivity contribution in [3.05, 3.63) is 28.8 Å². The Morgan fingerprint density at radius 1 is 1.05 bits per heavy atom. The maximum Gasteiger partial charge on any atom is 0.173 e. The van der Waals surface area contributed by atoms with Crippen molar-refractivity contribution in [2.75, 3.05) is 5.33 Å². The minimum atomic E-state index is -0.161. The molecule has 0 atom stereocenters. The summed E-state index contributed by atoms with van der Waals surface area (Å²) in [6.45, 7) is 12.6. The number of alkyl halides is 1. The summed E-state index contributed by atoms with van der Waals surface area (Å²) in [5.41, 5.74) is 2.09. The van der Waals surface area contributed by atoms with Crippen molar-refractivity contribution < 1.29 is 9.90 Å². The summed E-state index contributed by atoms with van der Waals surface area (Å²) in [6.07, 6.45) is 1.80. The molecule has 0 saturated carbocycles. The highest BCUT2D eigenvalue weighted by atomic mass is 79.9. The summed E-state index contributed by atoms with van der Waals surface area (Å²) in [5.74, 6) is 0.399. The third-order valence-corrected chi connectivity index (χ3v) is 5.29. The molecule has 0 spiro atoms. The largest absolute Gasteiger partial charge is 0.507 e. The third kappa shape index (κ3) is 3.68. The van der Waals surface area contributed by atoms with E-state index in [9.17, 15) is 9.90 Å². The Kier molecular flexibility index (Phi) is 5.65. The zero-order valence-electron chi connectivity index (χ0n) is 14.0. The van der Waals surface area contributed by atoms with Gasteiger partial charge in [-0.1, -0.05) is 57.5 Å². The molecule has 0 aromatic heterocycles. The molecule has 0 heterocycles. The lowest BCUT2D eigenvalue weighted by Gasteiger charge is -2.31. The number of phenols is 1. The Morgan fingerprint density at radius 2 is 1.43 bits per heavy atom. The molecule has 0 aliphatic rings. The lowest BCUT2D eigenvalue weighted by Crippen LogP contribution is -2.22. The minimum Gasteiger partial charge on any atom is -0.507 e. The van der Waals surface area contributed by atoms with Crippen molar-refractivity contribution in [1.29, 1.82) is 0 Å². The van der Waals surface area contributed by atoms with Crippen molar-refractivity contribution >= 4 is 21.7 Å². The molecule has 0 saturated heterocycles. The molecule has 0 unspecified atom stereocenters. The van der Waals surface area contributed by atoms with Gasteiger partial charge >= 0.3 is 0 Å². The molecule has 0 amide bonds. The van der Waals surface area contributed by atoms with Crippen LogP contribution in [0.15, 0.2) is 12.1 Å². The zero-order valence-corrected chi connectivity index (χ0v) is 15.6. The molecule has 0 radical (unpaired) electrons. The molecule has 0 aliphatic carbocycles. The quantitative estimate of drug-likeness (QED) is 0.552. The summed E-state index contributed by atoms with van der Waals surface area (Å²) in [4.78, 5) is 12.1. The molecule has 0 aliphatic heterocycles. The average molecular weight is 355 g/mol. The van der Waals surface area contributed by atoms with Crippen LogP contribution >= 0.6 is 15.9 Å². The smallest absolute Gasteiger partial charge is 0.173 e. The molecule has 21 heavy (non-hydrogen) atoms. The lowest BCUT2D eigenvalue weighted by atomic mass is 9.74. The van der Waals surface area contributed by atoms with Gasteiger partial charge in [-0.05, 0) is 35.8 Å². The molecule has 1 aromatic carbocycles. The second-order valence-electron chi connectivity index (χ2n) is 6.95. The van der Waals surface area contributed by atoms with Crippen LogP contribution in [0.5, 0.6) is 5.75 Å². The Morgan fingerprint density at radius 3 is 1.71 bits per heavy atom. The third-order valence-electron chi connectivity index (χ3n) is 4.78. The van der Waals surface area contributed by atoms with Gasteiger partial charge in [0.05, 0.1) is 5.33 Å². The number of hydrogen-bond acceptors (Lipinski definition) is 2.